The van der Waals surface area contributed by atoms with E-state index in [0.717, 1.165) is 36.8 Å². The second-order valence-corrected chi connectivity index (χ2v) is 24.1. The summed E-state index contributed by atoms with van der Waals surface area (Å²) in [4.78, 5) is 11.1. The van der Waals surface area contributed by atoms with Crippen LogP contribution in [0.2, 0.25) is 0 Å². The molecule has 314 valence electrons. The van der Waals surface area contributed by atoms with Crippen LogP contribution in [0, 0.1) is 0 Å². The summed E-state index contributed by atoms with van der Waals surface area (Å²) < 4.78 is 0. The van der Waals surface area contributed by atoms with Gasteiger partial charge < -0.3 is 9.80 Å². The first-order valence-corrected chi connectivity index (χ1v) is 27.9. The summed E-state index contributed by atoms with van der Waals surface area (Å²) in [7, 11) is -3.07. The zero-order chi connectivity index (χ0) is 43.2. The van der Waals surface area contributed by atoms with Gasteiger partial charge >= 0.3 is 0 Å². The molecule has 64 heavy (non-hydrogen) atoms. The van der Waals surface area contributed by atoms with Crippen LogP contribution in [-0.4, -0.2) is 30.1 Å². The van der Waals surface area contributed by atoms with Crippen molar-refractivity contribution in [3.63, 3.8) is 0 Å². The topological polar surface area (TPSA) is 19.4 Å². The molecule has 9 aromatic rings. The molecule has 1 aromatic heterocycles. The van der Waals surface area contributed by atoms with Crippen molar-refractivity contribution < 1.29 is 0 Å². The van der Waals surface area contributed by atoms with E-state index in [4.69, 9.17) is 4.98 Å². The highest BCUT2D eigenvalue weighted by Gasteiger charge is 2.27. The molecule has 8 aromatic carbocycles. The lowest BCUT2D eigenvalue weighted by Gasteiger charge is -2.35. The van der Waals surface area contributed by atoms with Gasteiger partial charge in [0, 0.05) is 25.1 Å². The van der Waals surface area contributed by atoms with Crippen LogP contribution >= 0.6 is 31.7 Å². The Bertz CT molecular complexity index is 2220. The Morgan fingerprint density at radius 1 is 0.219 bits per heavy atom. The number of hydrogen-bond acceptors (Lipinski definition) is 3. The van der Waals surface area contributed by atoms with Gasteiger partial charge in [0.15, 0.2) is 0 Å². The standard InChI is InChI=1S/C57H51N3P4/c1-9-26-48(27-10-1)61(49-28-11-2-12-29-49)44-59(45-62(50-30-13-3-14-31-50)51-32-15-4-16-33-51)56-42-25-43-57(58-56)60(46-63(52-34-17-5-18-35-52)53-36-19-6-20-37-53)47-64(54-38-21-7-22-39-54)55-40-23-8-24-41-55/h1-43H,44-47H2. The van der Waals surface area contributed by atoms with Crippen molar-refractivity contribution in [1.29, 1.82) is 0 Å². The van der Waals surface area contributed by atoms with Crippen molar-refractivity contribution in [1.82, 2.24) is 4.98 Å². The molecule has 9 rings (SSSR count). The first-order valence-electron chi connectivity index (χ1n) is 21.7. The minimum atomic E-state index is -0.767. The normalized spacial score (nSPS) is 11.3. The molecule has 3 nitrogen and oxygen atoms in total. The summed E-state index contributed by atoms with van der Waals surface area (Å²) in [5.41, 5.74) is 0. The smallest absolute Gasteiger partial charge is 0.131 e. The highest BCUT2D eigenvalue weighted by Crippen LogP contribution is 2.44. The fourth-order valence-corrected chi connectivity index (χ4v) is 17.4. The minimum absolute atomic E-state index is 0.767. The molecule has 0 unspecified atom stereocenters. The predicted molar refractivity (Wildman–Crippen MR) is 285 cm³/mol. The highest BCUT2D eigenvalue weighted by molar-refractivity contribution is 7.75. The average Bonchev–Trinajstić information content (AvgIpc) is 3.38. The lowest BCUT2D eigenvalue weighted by atomic mass is 10.4. The van der Waals surface area contributed by atoms with Crippen molar-refractivity contribution in [3.8, 4) is 0 Å². The molecular formula is C57H51N3P4. The molecule has 0 bridgehead atoms. The number of aromatic nitrogens is 1. The maximum Gasteiger partial charge on any atom is 0.131 e. The number of anilines is 2. The Balaban J connectivity index is 1.18. The second kappa shape index (κ2) is 22.2. The molecule has 0 spiro atoms. The fraction of sp³-hybridized carbons (Fsp3) is 0.0702. The van der Waals surface area contributed by atoms with Gasteiger partial charge in [0.05, 0.1) is 0 Å². The van der Waals surface area contributed by atoms with Crippen LogP contribution in [0.4, 0.5) is 11.6 Å². The van der Waals surface area contributed by atoms with E-state index in [-0.39, 0.29) is 0 Å². The van der Waals surface area contributed by atoms with E-state index in [0.29, 0.717) is 0 Å². The molecule has 0 fully saturated rings. The Labute approximate surface area is 384 Å². The van der Waals surface area contributed by atoms with Crippen molar-refractivity contribution in [2.24, 2.45) is 0 Å². The van der Waals surface area contributed by atoms with Crippen LogP contribution in [0.15, 0.2) is 261 Å². The van der Waals surface area contributed by atoms with E-state index >= 15 is 0 Å². The molecule has 0 radical (unpaired) electrons. The third-order valence-corrected chi connectivity index (χ3v) is 21.0. The summed E-state index contributed by atoms with van der Waals surface area (Å²) in [6.07, 6.45) is 3.33. The van der Waals surface area contributed by atoms with Crippen LogP contribution in [0.3, 0.4) is 0 Å². The third-order valence-electron chi connectivity index (χ3n) is 11.2. The van der Waals surface area contributed by atoms with E-state index in [1.54, 1.807) is 0 Å². The summed E-state index contributed by atoms with van der Waals surface area (Å²) in [5, 5.41) is 10.9. The Kier molecular flexibility index (Phi) is 15.1. The van der Waals surface area contributed by atoms with Gasteiger partial charge in [0.25, 0.3) is 0 Å². The zero-order valence-electron chi connectivity index (χ0n) is 35.8. The van der Waals surface area contributed by atoms with Crippen molar-refractivity contribution in [2.75, 3.05) is 34.9 Å². The molecule has 0 saturated carbocycles. The van der Waals surface area contributed by atoms with Crippen LogP contribution in [0.25, 0.3) is 0 Å². The van der Waals surface area contributed by atoms with Crippen LogP contribution in [-0.2, 0) is 0 Å². The summed E-state index contributed by atoms with van der Waals surface area (Å²) in [5.74, 6) is 2.02. The molecule has 0 saturated heterocycles. The summed E-state index contributed by atoms with van der Waals surface area (Å²) in [6.45, 7) is 0. The quantitative estimate of drug-likeness (QED) is 0.0800. The van der Waals surface area contributed by atoms with Gasteiger partial charge in [-0.05, 0) is 86.3 Å². The first-order chi connectivity index (χ1) is 31.8. The molecule has 0 amide bonds. The zero-order valence-corrected chi connectivity index (χ0v) is 39.4. The van der Waals surface area contributed by atoms with E-state index in [1.807, 2.05) is 0 Å². The fourth-order valence-electron chi connectivity index (χ4n) is 7.94. The number of pyridine rings is 1. The van der Waals surface area contributed by atoms with Crippen LogP contribution < -0.4 is 52.2 Å². The SMILES string of the molecule is c1ccc(P(CN(CP(c2ccccc2)c2ccccc2)c2cccc(N(CP(c3ccccc3)c3ccccc3)CP(c3ccccc3)c3ccccc3)n2)c2ccccc2)cc1. The lowest BCUT2D eigenvalue weighted by Crippen LogP contribution is -2.34. The van der Waals surface area contributed by atoms with Crippen molar-refractivity contribution in [2.45, 2.75) is 0 Å². The molecule has 0 N–H and O–H groups in total. The number of nitrogens with zero attached hydrogens (tertiary/aromatic N) is 3. The van der Waals surface area contributed by atoms with Gasteiger partial charge in [-0.3, -0.25) is 0 Å². The summed E-state index contributed by atoms with van der Waals surface area (Å²) >= 11 is 0. The van der Waals surface area contributed by atoms with E-state index in [2.05, 4.69) is 271 Å². The minimum Gasteiger partial charge on any atom is -0.347 e. The Hall–Kier alpha value is -5.77. The molecule has 0 atom stereocenters. The first kappa shape index (κ1) is 43.5. The Morgan fingerprint density at radius 2 is 0.391 bits per heavy atom. The van der Waals surface area contributed by atoms with Crippen LogP contribution in [0.5, 0.6) is 0 Å². The number of benzene rings is 8. The monoisotopic (exact) mass is 901 g/mol. The Morgan fingerprint density at radius 3 is 0.562 bits per heavy atom. The molecule has 0 aliphatic carbocycles. The van der Waals surface area contributed by atoms with E-state index in [9.17, 15) is 0 Å². The maximum atomic E-state index is 5.83. The molecule has 0 aliphatic heterocycles. The molecule has 7 heteroatoms. The highest BCUT2D eigenvalue weighted by atomic mass is 31.1. The number of hydrogen-bond donors (Lipinski definition) is 0. The lowest BCUT2D eigenvalue weighted by molar-refractivity contribution is 0.964. The summed E-state index contributed by atoms with van der Waals surface area (Å²) in [6, 6.07) is 95.7. The molecule has 0 aliphatic rings. The van der Waals surface area contributed by atoms with Gasteiger partial charge in [-0.2, -0.15) is 0 Å². The second-order valence-electron chi connectivity index (χ2n) is 15.4. The van der Waals surface area contributed by atoms with Gasteiger partial charge in [-0.1, -0.05) is 249 Å². The van der Waals surface area contributed by atoms with E-state index < -0.39 is 31.7 Å². The molecule has 1 heterocycles. The largest absolute Gasteiger partial charge is 0.347 e. The number of rotatable bonds is 18. The van der Waals surface area contributed by atoms with Gasteiger partial charge in [0.2, 0.25) is 0 Å². The predicted octanol–water partition coefficient (Wildman–Crippen LogP) is 11.1. The van der Waals surface area contributed by atoms with Gasteiger partial charge in [-0.25, -0.2) is 4.98 Å². The average molecular weight is 902 g/mol. The van der Waals surface area contributed by atoms with Gasteiger partial charge in [0.1, 0.15) is 11.6 Å². The maximum absolute atomic E-state index is 5.83. The van der Waals surface area contributed by atoms with Crippen LogP contribution in [0.1, 0.15) is 0 Å². The van der Waals surface area contributed by atoms with Gasteiger partial charge in [-0.15, -0.1) is 0 Å². The molecular weight excluding hydrogens is 851 g/mol. The third kappa shape index (κ3) is 11.1. The van der Waals surface area contributed by atoms with Crippen molar-refractivity contribution in [3.05, 3.63) is 261 Å². The van der Waals surface area contributed by atoms with Crippen molar-refractivity contribution >= 4 is 85.8 Å². The van der Waals surface area contributed by atoms with E-state index in [1.165, 1.54) is 42.4 Å².